The van der Waals surface area contributed by atoms with Crippen molar-refractivity contribution in [3.8, 4) is 5.75 Å². The molecular formula is C17H19F2N2O7P. The topological polar surface area (TPSA) is 103 Å². The van der Waals surface area contributed by atoms with E-state index in [1.807, 2.05) is 0 Å². The second-order valence-electron chi connectivity index (χ2n) is 6.26. The van der Waals surface area contributed by atoms with Crippen molar-refractivity contribution >= 4 is 20.1 Å². The van der Waals surface area contributed by atoms with Crippen molar-refractivity contribution in [3.63, 3.8) is 0 Å². The van der Waals surface area contributed by atoms with Gasteiger partial charge in [0.1, 0.15) is 17.8 Å². The predicted octanol–water partition coefficient (Wildman–Crippen LogP) is 2.38. The number of benzene rings is 1. The number of rotatable bonds is 7. The minimum absolute atomic E-state index is 0.138. The number of likely N-dealkylation sites (N-methyl/N-ethyl adjacent to an activating group) is 1. The summed E-state index contributed by atoms with van der Waals surface area (Å²) in [6.07, 6.45) is 0.471. The molecule has 1 N–H and O–H groups in total. The molecule has 29 heavy (non-hydrogen) atoms. The summed E-state index contributed by atoms with van der Waals surface area (Å²) in [5.41, 5.74) is 0.406. The number of nitrogens with one attached hydrogen (secondary N) is 1. The molecule has 0 aliphatic carbocycles. The number of halogens is 2. The molecule has 3 atom stereocenters. The summed E-state index contributed by atoms with van der Waals surface area (Å²) in [5, 5.41) is 2.10. The molecule has 2 heterocycles. The Morgan fingerprint density at radius 1 is 1.45 bits per heavy atom. The van der Waals surface area contributed by atoms with Crippen LogP contribution >= 0.6 is 7.82 Å². The van der Waals surface area contributed by atoms with Crippen LogP contribution in [0.25, 0.3) is 0 Å². The molecule has 1 aromatic rings. The highest BCUT2D eigenvalue weighted by molar-refractivity contribution is 7.49. The number of carbonyl (C=O) groups is 2. The summed E-state index contributed by atoms with van der Waals surface area (Å²) in [7, 11) is -2.66. The Morgan fingerprint density at radius 3 is 2.97 bits per heavy atom. The third-order valence-corrected chi connectivity index (χ3v) is 5.61. The van der Waals surface area contributed by atoms with E-state index in [1.54, 1.807) is 0 Å². The van der Waals surface area contributed by atoms with Gasteiger partial charge in [-0.15, -0.1) is 0 Å². The van der Waals surface area contributed by atoms with Gasteiger partial charge in [0.2, 0.25) is 12.2 Å². The fraction of sp³-hybridized carbons (Fsp3) is 0.412. The van der Waals surface area contributed by atoms with Crippen LogP contribution in [0.3, 0.4) is 0 Å². The highest BCUT2D eigenvalue weighted by atomic mass is 31.2. The lowest BCUT2D eigenvalue weighted by molar-refractivity contribution is -0.127. The number of phosphoric ester groups is 1. The molecule has 3 unspecified atom stereocenters. The van der Waals surface area contributed by atoms with Gasteiger partial charge in [0.05, 0.1) is 25.5 Å². The van der Waals surface area contributed by atoms with Crippen molar-refractivity contribution in [2.75, 3.05) is 13.7 Å². The Balaban J connectivity index is 1.55. The first kappa shape index (κ1) is 21.4. The number of nitrogens with zero attached hydrogens (tertiary/aromatic N) is 1. The number of hydrogen-bond acceptors (Lipinski definition) is 7. The molecule has 1 saturated heterocycles. The third-order valence-electron chi connectivity index (χ3n) is 4.28. The van der Waals surface area contributed by atoms with Crippen molar-refractivity contribution in [1.29, 1.82) is 0 Å². The maximum absolute atomic E-state index is 13.6. The van der Waals surface area contributed by atoms with Gasteiger partial charge in [-0.25, -0.2) is 8.96 Å². The number of amides is 2. The van der Waals surface area contributed by atoms with Gasteiger partial charge in [-0.3, -0.25) is 23.5 Å². The summed E-state index contributed by atoms with van der Waals surface area (Å²) in [5.74, 6) is -2.39. The number of phosphoric acid groups is 1. The number of fused-ring (bicyclic) bond motifs is 1. The lowest BCUT2D eigenvalue weighted by Gasteiger charge is -2.26. The molecule has 1 aromatic carbocycles. The van der Waals surface area contributed by atoms with Crippen LogP contribution in [0.1, 0.15) is 18.4 Å². The molecule has 0 bridgehead atoms. The standard InChI is InChI=1S/C17H19F2N2O7P/c1-20-17(23)14(19)7-21(10-22)16-5-3-13(27-16)9-26-29(24)25-8-11-6-12(18)2-4-15(11)28-29/h2,4,6-7,10,13,16H,3,5,8-9H2,1H3,(H,20,23)/b14-7+. The minimum Gasteiger partial charge on any atom is -0.404 e. The van der Waals surface area contributed by atoms with Crippen molar-refractivity contribution in [3.05, 3.63) is 41.6 Å². The summed E-state index contributed by atoms with van der Waals surface area (Å²) in [4.78, 5) is 23.3. The van der Waals surface area contributed by atoms with E-state index >= 15 is 0 Å². The van der Waals surface area contributed by atoms with Crippen LogP contribution in [0.2, 0.25) is 0 Å². The molecule has 2 aliphatic rings. The average Bonchev–Trinajstić information content (AvgIpc) is 3.19. The molecule has 9 nitrogen and oxygen atoms in total. The van der Waals surface area contributed by atoms with Crippen LogP contribution in [-0.2, 0) is 34.5 Å². The van der Waals surface area contributed by atoms with Gasteiger partial charge >= 0.3 is 7.82 Å². The number of ether oxygens (including phenoxy) is 1. The maximum atomic E-state index is 13.6. The van der Waals surface area contributed by atoms with Crippen LogP contribution < -0.4 is 9.84 Å². The van der Waals surface area contributed by atoms with E-state index < -0.39 is 37.7 Å². The number of carbonyl (C=O) groups excluding carboxylic acids is 2. The van der Waals surface area contributed by atoms with Gasteiger partial charge in [0.15, 0.2) is 0 Å². The second-order valence-corrected chi connectivity index (χ2v) is 7.85. The summed E-state index contributed by atoms with van der Waals surface area (Å²) in [6, 6.07) is 3.71. The van der Waals surface area contributed by atoms with Crippen LogP contribution in [0.5, 0.6) is 5.75 Å². The number of hydrogen-bond donors (Lipinski definition) is 1. The molecule has 12 heteroatoms. The van der Waals surface area contributed by atoms with Crippen molar-refractivity contribution < 1.29 is 41.2 Å². The normalized spacial score (nSPS) is 26.4. The molecular weight excluding hydrogens is 413 g/mol. The van der Waals surface area contributed by atoms with E-state index in [0.29, 0.717) is 24.8 Å². The lowest BCUT2D eigenvalue weighted by atomic mass is 10.2. The van der Waals surface area contributed by atoms with Gasteiger partial charge in [-0.05, 0) is 31.0 Å². The Kier molecular flexibility index (Phi) is 6.63. The van der Waals surface area contributed by atoms with E-state index in [4.69, 9.17) is 18.3 Å². The van der Waals surface area contributed by atoms with Crippen LogP contribution in [0.4, 0.5) is 8.78 Å². The van der Waals surface area contributed by atoms with Gasteiger partial charge in [0.25, 0.3) is 5.91 Å². The molecule has 1 fully saturated rings. The summed E-state index contributed by atoms with van der Waals surface area (Å²) in [6.45, 7) is -0.306. The summed E-state index contributed by atoms with van der Waals surface area (Å²) >= 11 is 0. The summed E-state index contributed by atoms with van der Waals surface area (Å²) < 4.78 is 60.7. The van der Waals surface area contributed by atoms with Crippen LogP contribution in [-0.4, -0.2) is 43.2 Å². The molecule has 158 valence electrons. The third kappa shape index (κ3) is 5.18. The van der Waals surface area contributed by atoms with Crippen LogP contribution in [0, 0.1) is 5.82 Å². The predicted molar refractivity (Wildman–Crippen MR) is 94.4 cm³/mol. The second kappa shape index (κ2) is 9.00. The first-order chi connectivity index (χ1) is 13.8. The van der Waals surface area contributed by atoms with E-state index in [2.05, 4.69) is 5.32 Å². The van der Waals surface area contributed by atoms with Crippen molar-refractivity contribution in [1.82, 2.24) is 10.2 Å². The Morgan fingerprint density at radius 2 is 2.24 bits per heavy atom. The maximum Gasteiger partial charge on any atom is 0.530 e. The zero-order valence-corrected chi connectivity index (χ0v) is 16.3. The SMILES string of the molecule is CNC(=O)/C(F)=C\N(C=O)C1CCC(COP2(=O)OCc3cc(F)ccc3O2)O1. The Labute approximate surface area is 165 Å². The lowest BCUT2D eigenvalue weighted by Crippen LogP contribution is -2.32. The van der Waals surface area contributed by atoms with Gasteiger partial charge in [-0.2, -0.15) is 4.39 Å². The largest absolute Gasteiger partial charge is 0.530 e. The first-order valence-electron chi connectivity index (χ1n) is 8.68. The molecule has 0 saturated carbocycles. The van der Waals surface area contributed by atoms with Crippen molar-refractivity contribution in [2.24, 2.45) is 0 Å². The van der Waals surface area contributed by atoms with Crippen molar-refractivity contribution in [2.45, 2.75) is 31.8 Å². The molecule has 0 spiro atoms. The average molecular weight is 432 g/mol. The van der Waals surface area contributed by atoms with Gasteiger partial charge in [-0.1, -0.05) is 0 Å². The zero-order chi connectivity index (χ0) is 21.0. The van der Waals surface area contributed by atoms with E-state index in [9.17, 15) is 22.9 Å². The highest BCUT2D eigenvalue weighted by Crippen LogP contribution is 2.54. The van der Waals surface area contributed by atoms with E-state index in [1.165, 1.54) is 25.2 Å². The monoisotopic (exact) mass is 432 g/mol. The van der Waals surface area contributed by atoms with Gasteiger partial charge in [0, 0.05) is 12.6 Å². The zero-order valence-electron chi connectivity index (χ0n) is 15.4. The van der Waals surface area contributed by atoms with E-state index in [-0.39, 0.29) is 19.0 Å². The Hall–Kier alpha value is -2.33. The van der Waals surface area contributed by atoms with Gasteiger partial charge < -0.3 is 14.6 Å². The molecule has 0 radical (unpaired) electrons. The fourth-order valence-electron chi connectivity index (χ4n) is 2.80. The first-order valence-corrected chi connectivity index (χ1v) is 10.1. The Bertz CT molecular complexity index is 866. The smallest absolute Gasteiger partial charge is 0.404 e. The molecule has 3 rings (SSSR count). The molecule has 2 aliphatic heterocycles. The quantitative estimate of drug-likeness (QED) is 0.401. The minimum atomic E-state index is -3.91. The molecule has 2 amide bonds. The fourth-order valence-corrected chi connectivity index (χ4v) is 4.05. The highest BCUT2D eigenvalue weighted by Gasteiger charge is 2.37. The van der Waals surface area contributed by atoms with E-state index in [0.717, 1.165) is 11.1 Å². The van der Waals surface area contributed by atoms with Crippen LogP contribution in [0.15, 0.2) is 30.2 Å². The molecule has 0 aromatic heterocycles.